The molecule has 1 saturated heterocycles. The molecule has 0 amide bonds. The maximum Gasteiger partial charge on any atom is 0.167 e. The molecule has 0 bridgehead atoms. The highest BCUT2D eigenvalue weighted by Crippen LogP contribution is 2.39. The molecule has 1 fully saturated rings. The molecular formula is C16H22Br2N2O3. The minimum absolute atomic E-state index is 0.110. The lowest BCUT2D eigenvalue weighted by atomic mass is 10.2. The van der Waals surface area contributed by atoms with E-state index in [1.807, 2.05) is 6.92 Å². The monoisotopic (exact) mass is 448 g/mol. The van der Waals surface area contributed by atoms with E-state index in [4.69, 9.17) is 9.47 Å². The van der Waals surface area contributed by atoms with Crippen LogP contribution in [0.25, 0.3) is 0 Å². The first-order chi connectivity index (χ1) is 11.1. The Hall–Kier alpha value is -0.630. The van der Waals surface area contributed by atoms with Gasteiger partial charge in [0.15, 0.2) is 11.5 Å². The van der Waals surface area contributed by atoms with E-state index < -0.39 is 0 Å². The standard InChI is InChI=1S/C16H22Br2N2O3/c1-2-23-14-10-13(17)15(18)12(16(14)21)11-19-4-3-5-20-6-8-22-9-7-20/h10-11,21H,2-9H2,1H3. The summed E-state index contributed by atoms with van der Waals surface area (Å²) in [6, 6.07) is 1.75. The van der Waals surface area contributed by atoms with Gasteiger partial charge < -0.3 is 14.6 Å². The first kappa shape index (κ1) is 18.7. The number of benzene rings is 1. The molecule has 128 valence electrons. The number of phenolic OH excluding ortho intramolecular Hbond substituents is 1. The summed E-state index contributed by atoms with van der Waals surface area (Å²) in [6.45, 7) is 7.77. The SMILES string of the molecule is CCOc1cc(Br)c(Br)c(C=NCCCN2CCOCC2)c1O. The molecular weight excluding hydrogens is 428 g/mol. The Labute approximate surface area is 153 Å². The summed E-state index contributed by atoms with van der Waals surface area (Å²) in [7, 11) is 0. The zero-order chi connectivity index (χ0) is 16.7. The summed E-state index contributed by atoms with van der Waals surface area (Å²) in [5.74, 6) is 0.566. The molecule has 0 aromatic heterocycles. The topological polar surface area (TPSA) is 54.3 Å². The summed E-state index contributed by atoms with van der Waals surface area (Å²) in [6.07, 6.45) is 2.69. The highest BCUT2D eigenvalue weighted by molar-refractivity contribution is 9.13. The second kappa shape index (κ2) is 9.61. The Morgan fingerprint density at radius 2 is 2.13 bits per heavy atom. The van der Waals surface area contributed by atoms with Crippen molar-refractivity contribution in [3.8, 4) is 11.5 Å². The first-order valence-corrected chi connectivity index (χ1v) is 9.35. The number of morpholine rings is 1. The normalized spacial score (nSPS) is 16.1. The fraction of sp³-hybridized carbons (Fsp3) is 0.562. The minimum atomic E-state index is 0.110. The Bertz CT molecular complexity index is 547. The van der Waals surface area contributed by atoms with Crippen LogP contribution in [-0.4, -0.2) is 62.2 Å². The van der Waals surface area contributed by atoms with Crippen LogP contribution < -0.4 is 4.74 Å². The van der Waals surface area contributed by atoms with Crippen LogP contribution in [0.2, 0.25) is 0 Å². The Morgan fingerprint density at radius 3 is 2.83 bits per heavy atom. The van der Waals surface area contributed by atoms with E-state index in [0.717, 1.165) is 54.8 Å². The average Bonchev–Trinajstić information content (AvgIpc) is 2.56. The average molecular weight is 450 g/mol. The third-order valence-corrected chi connectivity index (χ3v) is 5.59. The third kappa shape index (κ3) is 5.45. The van der Waals surface area contributed by atoms with Gasteiger partial charge in [-0.05, 0) is 51.3 Å². The van der Waals surface area contributed by atoms with Gasteiger partial charge in [0.25, 0.3) is 0 Å². The molecule has 1 heterocycles. The third-order valence-electron chi connectivity index (χ3n) is 3.58. The van der Waals surface area contributed by atoms with Crippen LogP contribution in [0.4, 0.5) is 0 Å². The Kier molecular flexibility index (Phi) is 7.82. The number of phenols is 1. The van der Waals surface area contributed by atoms with E-state index in [9.17, 15) is 5.11 Å². The Morgan fingerprint density at radius 1 is 1.39 bits per heavy atom. The predicted octanol–water partition coefficient (Wildman–Crippen LogP) is 3.46. The van der Waals surface area contributed by atoms with Gasteiger partial charge >= 0.3 is 0 Å². The second-order valence-electron chi connectivity index (χ2n) is 5.21. The van der Waals surface area contributed by atoms with Gasteiger partial charge in [-0.15, -0.1) is 0 Å². The second-order valence-corrected chi connectivity index (χ2v) is 6.86. The highest BCUT2D eigenvalue weighted by atomic mass is 79.9. The molecule has 7 heteroatoms. The number of ether oxygens (including phenoxy) is 2. The lowest BCUT2D eigenvalue weighted by Gasteiger charge is -2.26. The number of hydrogen-bond acceptors (Lipinski definition) is 5. The number of nitrogens with zero attached hydrogens (tertiary/aromatic N) is 2. The molecule has 0 aliphatic carbocycles. The van der Waals surface area contributed by atoms with Crippen molar-refractivity contribution >= 4 is 38.1 Å². The summed E-state index contributed by atoms with van der Waals surface area (Å²) in [5, 5.41) is 10.3. The maximum atomic E-state index is 10.3. The number of halogens is 2. The van der Waals surface area contributed by atoms with Gasteiger partial charge in [0.1, 0.15) is 0 Å². The van der Waals surface area contributed by atoms with E-state index in [-0.39, 0.29) is 5.75 Å². The van der Waals surface area contributed by atoms with Crippen LogP contribution in [0.3, 0.4) is 0 Å². The lowest BCUT2D eigenvalue weighted by Crippen LogP contribution is -2.37. The maximum absolute atomic E-state index is 10.3. The predicted molar refractivity (Wildman–Crippen MR) is 99.0 cm³/mol. The quantitative estimate of drug-likeness (QED) is 0.511. The number of aromatic hydroxyl groups is 1. The molecule has 0 atom stereocenters. The molecule has 2 rings (SSSR count). The summed E-state index contributed by atoms with van der Waals surface area (Å²) < 4.78 is 12.4. The van der Waals surface area contributed by atoms with Gasteiger partial charge in [-0.25, -0.2) is 0 Å². The molecule has 1 N–H and O–H groups in total. The van der Waals surface area contributed by atoms with Crippen molar-refractivity contribution < 1.29 is 14.6 Å². The van der Waals surface area contributed by atoms with Crippen molar-refractivity contribution in [1.29, 1.82) is 0 Å². The summed E-state index contributed by atoms with van der Waals surface area (Å²) in [5.41, 5.74) is 0.634. The fourth-order valence-corrected chi connectivity index (χ4v) is 3.19. The number of aliphatic imine (C=N–C) groups is 1. The van der Waals surface area contributed by atoms with Crippen LogP contribution in [0.1, 0.15) is 18.9 Å². The summed E-state index contributed by atoms with van der Waals surface area (Å²) in [4.78, 5) is 6.83. The van der Waals surface area contributed by atoms with Gasteiger partial charge in [0, 0.05) is 41.3 Å². The van der Waals surface area contributed by atoms with Gasteiger partial charge in [0.2, 0.25) is 0 Å². The molecule has 1 aliphatic rings. The van der Waals surface area contributed by atoms with E-state index >= 15 is 0 Å². The van der Waals surface area contributed by atoms with Crippen molar-refractivity contribution in [1.82, 2.24) is 4.90 Å². The van der Waals surface area contributed by atoms with Gasteiger partial charge in [-0.2, -0.15) is 0 Å². The van der Waals surface area contributed by atoms with Crippen LogP contribution in [0.5, 0.6) is 11.5 Å². The molecule has 5 nitrogen and oxygen atoms in total. The van der Waals surface area contributed by atoms with Gasteiger partial charge in [-0.1, -0.05) is 0 Å². The smallest absolute Gasteiger partial charge is 0.167 e. The van der Waals surface area contributed by atoms with Crippen molar-refractivity contribution in [2.75, 3.05) is 46.0 Å². The van der Waals surface area contributed by atoms with E-state index in [1.165, 1.54) is 0 Å². The largest absolute Gasteiger partial charge is 0.504 e. The summed E-state index contributed by atoms with van der Waals surface area (Å²) >= 11 is 6.93. The van der Waals surface area contributed by atoms with Crippen LogP contribution in [0, 0.1) is 0 Å². The molecule has 0 unspecified atom stereocenters. The first-order valence-electron chi connectivity index (χ1n) is 7.77. The van der Waals surface area contributed by atoms with Crippen molar-refractivity contribution in [3.05, 3.63) is 20.6 Å². The lowest BCUT2D eigenvalue weighted by molar-refractivity contribution is 0.0377. The molecule has 0 radical (unpaired) electrons. The highest BCUT2D eigenvalue weighted by Gasteiger charge is 2.14. The van der Waals surface area contributed by atoms with Gasteiger partial charge in [0.05, 0.1) is 25.4 Å². The van der Waals surface area contributed by atoms with E-state index in [2.05, 4.69) is 41.8 Å². The zero-order valence-corrected chi connectivity index (χ0v) is 16.4. The molecule has 23 heavy (non-hydrogen) atoms. The molecule has 0 spiro atoms. The number of hydrogen-bond donors (Lipinski definition) is 1. The van der Waals surface area contributed by atoms with Crippen LogP contribution in [-0.2, 0) is 4.74 Å². The number of rotatable bonds is 7. The molecule has 1 aromatic rings. The molecule has 0 saturated carbocycles. The Balaban J connectivity index is 1.93. The van der Waals surface area contributed by atoms with Crippen molar-refractivity contribution in [3.63, 3.8) is 0 Å². The fourth-order valence-electron chi connectivity index (χ4n) is 2.36. The van der Waals surface area contributed by atoms with Crippen molar-refractivity contribution in [2.45, 2.75) is 13.3 Å². The minimum Gasteiger partial charge on any atom is -0.504 e. The molecule has 1 aromatic carbocycles. The zero-order valence-electron chi connectivity index (χ0n) is 13.2. The van der Waals surface area contributed by atoms with Crippen molar-refractivity contribution in [2.24, 2.45) is 4.99 Å². The van der Waals surface area contributed by atoms with Crippen LogP contribution in [0.15, 0.2) is 20.0 Å². The van der Waals surface area contributed by atoms with E-state index in [1.54, 1.807) is 12.3 Å². The van der Waals surface area contributed by atoms with Crippen LogP contribution >= 0.6 is 31.9 Å². The molecule has 1 aliphatic heterocycles. The van der Waals surface area contributed by atoms with Gasteiger partial charge in [-0.3, -0.25) is 9.89 Å². The van der Waals surface area contributed by atoms with E-state index in [0.29, 0.717) is 17.9 Å².